The summed E-state index contributed by atoms with van der Waals surface area (Å²) < 4.78 is 53.9. The van der Waals surface area contributed by atoms with E-state index in [9.17, 15) is 22.0 Å². The molecule has 0 bridgehead atoms. The van der Waals surface area contributed by atoms with E-state index in [0.29, 0.717) is 34.6 Å². The van der Waals surface area contributed by atoms with Crippen LogP contribution in [0.4, 0.5) is 20.2 Å². The lowest BCUT2D eigenvalue weighted by Crippen LogP contribution is -2.36. The van der Waals surface area contributed by atoms with E-state index in [2.05, 4.69) is 15.4 Å². The Morgan fingerprint density at radius 2 is 1.97 bits per heavy atom. The van der Waals surface area contributed by atoms with Crippen LogP contribution < -0.4 is 9.62 Å². The van der Waals surface area contributed by atoms with Gasteiger partial charge in [-0.05, 0) is 31.2 Å². The summed E-state index contributed by atoms with van der Waals surface area (Å²) in [6.45, 7) is 4.43. The molecule has 0 aromatic carbocycles. The maximum Gasteiger partial charge on any atom is 0.333 e. The number of anilines is 2. The van der Waals surface area contributed by atoms with Gasteiger partial charge in [0.1, 0.15) is 4.90 Å². The van der Waals surface area contributed by atoms with E-state index < -0.39 is 16.6 Å². The van der Waals surface area contributed by atoms with E-state index in [0.717, 1.165) is 17.6 Å². The molecule has 12 heteroatoms. The highest BCUT2D eigenvalue weighted by atomic mass is 32.2. The fourth-order valence-electron chi connectivity index (χ4n) is 3.34. The summed E-state index contributed by atoms with van der Waals surface area (Å²) in [5.74, 6) is -0.205. The zero-order valence-corrected chi connectivity index (χ0v) is 19.6. The second-order valence-corrected chi connectivity index (χ2v) is 10.3. The van der Waals surface area contributed by atoms with Crippen LogP contribution in [-0.2, 0) is 21.2 Å². The smallest absolute Gasteiger partial charge is 0.333 e. The van der Waals surface area contributed by atoms with Crippen LogP contribution in [0.15, 0.2) is 23.4 Å². The number of sulfonamides is 1. The predicted octanol–water partition coefficient (Wildman–Crippen LogP) is 3.11. The number of fused-ring (bicyclic) bond motifs is 1. The SMILES string of the molecule is CO.Cc1nn(C(F)F)cc1S(=O)(=O)N1CCCc2ncc(NC(=O)CC(C)(C)C)cc21. The molecule has 0 unspecified atom stereocenters. The van der Waals surface area contributed by atoms with Crippen LogP contribution in [-0.4, -0.2) is 47.9 Å². The molecule has 178 valence electrons. The average Bonchev–Trinajstić information content (AvgIpc) is 3.10. The normalized spacial score (nSPS) is 14.0. The zero-order valence-electron chi connectivity index (χ0n) is 18.8. The number of aromatic nitrogens is 3. The van der Waals surface area contributed by atoms with Gasteiger partial charge in [0.2, 0.25) is 5.91 Å². The third-order valence-corrected chi connectivity index (χ3v) is 6.52. The Morgan fingerprint density at radius 3 is 2.53 bits per heavy atom. The quantitative estimate of drug-likeness (QED) is 0.689. The maximum absolute atomic E-state index is 13.2. The molecule has 9 nitrogen and oxygen atoms in total. The first kappa shape index (κ1) is 25.7. The van der Waals surface area contributed by atoms with Gasteiger partial charge in [0.15, 0.2) is 0 Å². The monoisotopic (exact) mass is 473 g/mol. The van der Waals surface area contributed by atoms with Gasteiger partial charge in [-0.15, -0.1) is 0 Å². The van der Waals surface area contributed by atoms with Crippen LogP contribution in [0.5, 0.6) is 0 Å². The number of pyridine rings is 1. The molecule has 1 aliphatic heterocycles. The number of aliphatic hydroxyl groups is 1. The molecule has 1 aliphatic rings. The number of carbonyl (C=O) groups is 1. The van der Waals surface area contributed by atoms with Gasteiger partial charge in [0, 0.05) is 20.1 Å². The number of alkyl halides is 2. The van der Waals surface area contributed by atoms with Gasteiger partial charge in [-0.1, -0.05) is 20.8 Å². The van der Waals surface area contributed by atoms with Gasteiger partial charge in [0.25, 0.3) is 10.0 Å². The van der Waals surface area contributed by atoms with E-state index in [1.165, 1.54) is 13.1 Å². The lowest BCUT2D eigenvalue weighted by molar-refractivity contribution is -0.117. The Bertz CT molecular complexity index is 1060. The molecule has 2 aromatic heterocycles. The van der Waals surface area contributed by atoms with Crippen molar-refractivity contribution in [2.24, 2.45) is 5.41 Å². The van der Waals surface area contributed by atoms with Crippen LogP contribution in [0.25, 0.3) is 0 Å². The minimum absolute atomic E-state index is 0.00924. The summed E-state index contributed by atoms with van der Waals surface area (Å²) in [5.41, 5.74) is 1.07. The van der Waals surface area contributed by atoms with Gasteiger partial charge in [-0.3, -0.25) is 14.1 Å². The van der Waals surface area contributed by atoms with E-state index in [1.807, 2.05) is 20.8 Å². The second-order valence-electron chi connectivity index (χ2n) is 8.49. The van der Waals surface area contributed by atoms with Gasteiger partial charge in [-0.2, -0.15) is 13.9 Å². The summed E-state index contributed by atoms with van der Waals surface area (Å²) >= 11 is 0. The lowest BCUT2D eigenvalue weighted by Gasteiger charge is -2.30. The minimum atomic E-state index is -4.13. The maximum atomic E-state index is 13.2. The number of halogens is 2. The summed E-state index contributed by atoms with van der Waals surface area (Å²) in [6.07, 6.45) is 3.74. The number of aliphatic hydroxyl groups excluding tert-OH is 1. The molecule has 0 fully saturated rings. The molecule has 0 spiro atoms. The largest absolute Gasteiger partial charge is 0.400 e. The van der Waals surface area contributed by atoms with Gasteiger partial charge in [0.05, 0.1) is 35.2 Å². The van der Waals surface area contributed by atoms with Crippen LogP contribution in [0.2, 0.25) is 0 Å². The lowest BCUT2D eigenvalue weighted by atomic mass is 9.92. The highest BCUT2D eigenvalue weighted by Crippen LogP contribution is 2.34. The van der Waals surface area contributed by atoms with Crippen LogP contribution in [0, 0.1) is 12.3 Å². The summed E-state index contributed by atoms with van der Waals surface area (Å²) in [4.78, 5) is 16.3. The number of rotatable bonds is 5. The van der Waals surface area contributed by atoms with Crippen molar-refractivity contribution in [2.75, 3.05) is 23.3 Å². The first-order chi connectivity index (χ1) is 14.9. The molecule has 0 atom stereocenters. The minimum Gasteiger partial charge on any atom is -0.400 e. The number of aryl methyl sites for hydroxylation is 2. The van der Waals surface area contributed by atoms with Gasteiger partial charge in [-0.25, -0.2) is 13.1 Å². The number of hydrogen-bond donors (Lipinski definition) is 2. The summed E-state index contributed by atoms with van der Waals surface area (Å²) in [6, 6.07) is 1.56. The number of amides is 1. The van der Waals surface area contributed by atoms with Crippen molar-refractivity contribution in [1.82, 2.24) is 14.8 Å². The number of carbonyl (C=O) groups excluding carboxylic acids is 1. The van der Waals surface area contributed by atoms with E-state index in [1.54, 1.807) is 6.07 Å². The van der Waals surface area contributed by atoms with Crippen LogP contribution in [0.3, 0.4) is 0 Å². The van der Waals surface area contributed by atoms with E-state index in [4.69, 9.17) is 5.11 Å². The summed E-state index contributed by atoms with van der Waals surface area (Å²) in [7, 11) is -3.13. The zero-order chi connectivity index (χ0) is 24.3. The number of nitrogens with zero attached hydrogens (tertiary/aromatic N) is 4. The Labute approximate surface area is 186 Å². The number of nitrogens with one attached hydrogen (secondary N) is 1. The molecule has 3 heterocycles. The first-order valence-corrected chi connectivity index (χ1v) is 11.4. The third-order valence-electron chi connectivity index (χ3n) is 4.61. The first-order valence-electron chi connectivity index (χ1n) is 9.98. The molecule has 0 saturated carbocycles. The fourth-order valence-corrected chi connectivity index (χ4v) is 5.02. The van der Waals surface area contributed by atoms with E-state index in [-0.39, 0.29) is 34.9 Å². The Morgan fingerprint density at radius 1 is 1.31 bits per heavy atom. The van der Waals surface area contributed by atoms with Crippen molar-refractivity contribution in [3.8, 4) is 0 Å². The van der Waals surface area contributed by atoms with Crippen molar-refractivity contribution >= 4 is 27.3 Å². The molecule has 2 N–H and O–H groups in total. The third kappa shape index (κ3) is 5.80. The molecule has 2 aromatic rings. The predicted molar refractivity (Wildman–Crippen MR) is 116 cm³/mol. The molecule has 3 rings (SSSR count). The molecule has 0 aliphatic carbocycles. The fraction of sp³-hybridized carbons (Fsp3) is 0.550. The summed E-state index contributed by atoms with van der Waals surface area (Å²) in [5, 5.41) is 13.4. The molecule has 0 radical (unpaired) electrons. The average molecular weight is 474 g/mol. The molecule has 1 amide bonds. The Balaban J connectivity index is 0.00000176. The van der Waals surface area contributed by atoms with E-state index >= 15 is 0 Å². The highest BCUT2D eigenvalue weighted by molar-refractivity contribution is 7.92. The molecular weight excluding hydrogens is 444 g/mol. The van der Waals surface area contributed by atoms with Crippen LogP contribution in [0.1, 0.15) is 51.6 Å². The van der Waals surface area contributed by atoms with Gasteiger partial charge < -0.3 is 10.4 Å². The molecule has 32 heavy (non-hydrogen) atoms. The van der Waals surface area contributed by atoms with Gasteiger partial charge >= 0.3 is 6.55 Å². The Kier molecular flexibility index (Phi) is 7.94. The second kappa shape index (κ2) is 9.90. The van der Waals surface area contributed by atoms with Crippen molar-refractivity contribution in [1.29, 1.82) is 0 Å². The molecule has 0 saturated heterocycles. The standard InChI is InChI=1S/C19H25F2N5O3S.CH4O/c1-12-16(11-25(24-12)18(20)21)30(28,29)26-7-5-6-14-15(26)8-13(10-22-14)23-17(27)9-19(2,3)4;1-2/h8,10-11,18H,5-7,9H2,1-4H3,(H,23,27);2H,1H3. The van der Waals surface area contributed by atoms with Crippen LogP contribution >= 0.6 is 0 Å². The topological polar surface area (TPSA) is 117 Å². The van der Waals surface area contributed by atoms with Crippen molar-refractivity contribution in [2.45, 2.75) is 58.4 Å². The van der Waals surface area contributed by atoms with Crippen molar-refractivity contribution < 1.29 is 27.1 Å². The Hall–Kier alpha value is -2.60. The van der Waals surface area contributed by atoms with Crippen molar-refractivity contribution in [3.63, 3.8) is 0 Å². The van der Waals surface area contributed by atoms with Crippen molar-refractivity contribution in [3.05, 3.63) is 29.8 Å². The number of hydrogen-bond acceptors (Lipinski definition) is 6. The highest BCUT2D eigenvalue weighted by Gasteiger charge is 2.33. The molecular formula is C20H29F2N5O4S.